The number of aliphatic carboxylic acids is 1. The molecule has 6 nitrogen and oxygen atoms in total. The number of ether oxygens (including phenoxy) is 1. The first-order valence-electron chi connectivity index (χ1n) is 6.17. The van der Waals surface area contributed by atoms with Crippen LogP contribution in [0, 0.1) is 0 Å². The zero-order valence-electron chi connectivity index (χ0n) is 11.6. The van der Waals surface area contributed by atoms with Crippen molar-refractivity contribution in [2.24, 2.45) is 5.73 Å². The summed E-state index contributed by atoms with van der Waals surface area (Å²) in [4.78, 5) is 32.6. The van der Waals surface area contributed by atoms with Gasteiger partial charge in [0.05, 0.1) is 0 Å². The van der Waals surface area contributed by atoms with Crippen molar-refractivity contribution in [2.75, 3.05) is 0 Å². The van der Waals surface area contributed by atoms with Crippen LogP contribution in [-0.2, 0) is 19.1 Å². The molecule has 0 bridgehead atoms. The predicted molar refractivity (Wildman–Crippen MR) is 62.1 cm³/mol. The van der Waals surface area contributed by atoms with Crippen LogP contribution in [0.15, 0.2) is 0 Å². The number of esters is 2. The largest absolute Gasteiger partial charge is 1.00 e. The number of carbonyl (C=O) groups is 3. The SMILES string of the molecule is CCCCCCCC(=O)OC(=O)[C@@H](N)CC(=O)[O-].[K+]. The molecule has 0 aliphatic rings. The van der Waals surface area contributed by atoms with Crippen LogP contribution in [0.1, 0.15) is 51.9 Å². The van der Waals surface area contributed by atoms with E-state index in [1.54, 1.807) is 0 Å². The van der Waals surface area contributed by atoms with Gasteiger partial charge in [0.2, 0.25) is 0 Å². The summed E-state index contributed by atoms with van der Waals surface area (Å²) >= 11 is 0. The zero-order chi connectivity index (χ0) is 14.0. The molecule has 104 valence electrons. The smallest absolute Gasteiger partial charge is 0.550 e. The van der Waals surface area contributed by atoms with Crippen LogP contribution < -0.4 is 62.2 Å². The summed E-state index contributed by atoms with van der Waals surface area (Å²) in [5.41, 5.74) is 5.21. The number of carbonyl (C=O) groups excluding carboxylic acids is 3. The molecule has 0 saturated heterocycles. The molecule has 0 aliphatic heterocycles. The predicted octanol–water partition coefficient (Wildman–Crippen LogP) is -3.11. The topological polar surface area (TPSA) is 110 Å². The van der Waals surface area contributed by atoms with Gasteiger partial charge in [-0.2, -0.15) is 0 Å². The fourth-order valence-corrected chi connectivity index (χ4v) is 1.37. The van der Waals surface area contributed by atoms with Gasteiger partial charge >= 0.3 is 63.3 Å². The summed E-state index contributed by atoms with van der Waals surface area (Å²) < 4.78 is 4.43. The molecule has 0 fully saturated rings. The Balaban J connectivity index is 0. The molecule has 0 aromatic rings. The molecule has 0 amide bonds. The molecular weight excluding hydrogens is 277 g/mol. The van der Waals surface area contributed by atoms with Gasteiger partial charge in [-0.05, 0) is 6.42 Å². The number of hydrogen-bond acceptors (Lipinski definition) is 6. The van der Waals surface area contributed by atoms with Crippen LogP contribution in [0.3, 0.4) is 0 Å². The van der Waals surface area contributed by atoms with Gasteiger partial charge in [-0.1, -0.05) is 32.6 Å². The molecule has 0 unspecified atom stereocenters. The van der Waals surface area contributed by atoms with Crippen molar-refractivity contribution < 1.29 is 75.6 Å². The second-order valence-corrected chi connectivity index (χ2v) is 4.14. The van der Waals surface area contributed by atoms with E-state index in [1.807, 2.05) is 0 Å². The fraction of sp³-hybridized carbons (Fsp3) is 0.750. The molecule has 0 rings (SSSR count). The maximum atomic E-state index is 11.2. The Kier molecular flexibility index (Phi) is 14.9. The molecule has 0 aromatic carbocycles. The fourth-order valence-electron chi connectivity index (χ4n) is 1.37. The van der Waals surface area contributed by atoms with Crippen LogP contribution in [0.25, 0.3) is 0 Å². The summed E-state index contributed by atoms with van der Waals surface area (Å²) in [5.74, 6) is -3.13. The minimum Gasteiger partial charge on any atom is -0.550 e. The molecule has 19 heavy (non-hydrogen) atoms. The first-order valence-corrected chi connectivity index (χ1v) is 6.17. The number of rotatable bonds is 9. The van der Waals surface area contributed by atoms with Gasteiger partial charge in [0.15, 0.2) is 0 Å². The van der Waals surface area contributed by atoms with Gasteiger partial charge < -0.3 is 20.4 Å². The van der Waals surface area contributed by atoms with Crippen molar-refractivity contribution in [3.63, 3.8) is 0 Å². The first-order chi connectivity index (χ1) is 8.47. The van der Waals surface area contributed by atoms with Crippen molar-refractivity contribution in [1.29, 1.82) is 0 Å². The number of nitrogens with two attached hydrogens (primary N) is 1. The van der Waals surface area contributed by atoms with E-state index in [2.05, 4.69) is 11.7 Å². The molecular formula is C12H20KNO5. The van der Waals surface area contributed by atoms with Crippen molar-refractivity contribution in [3.05, 3.63) is 0 Å². The molecule has 0 spiro atoms. The first kappa shape index (κ1) is 21.5. The Hall–Kier alpha value is 0.206. The standard InChI is InChI=1S/C12H21NO5.K/c1-2-3-4-5-6-7-11(16)18-12(17)9(13)8-10(14)15;/h9H,2-8,13H2,1H3,(H,14,15);/q;+1/p-1/t9-;/m0./s1. The maximum absolute atomic E-state index is 11.2. The molecule has 1 atom stereocenters. The number of hydrogen-bond donors (Lipinski definition) is 1. The van der Waals surface area contributed by atoms with Crippen LogP contribution in [0.2, 0.25) is 0 Å². The average Bonchev–Trinajstić information content (AvgIpc) is 2.27. The third-order valence-electron chi connectivity index (χ3n) is 2.39. The van der Waals surface area contributed by atoms with E-state index in [0.717, 1.165) is 25.7 Å². The van der Waals surface area contributed by atoms with Crippen LogP contribution in [0.5, 0.6) is 0 Å². The summed E-state index contributed by atoms with van der Waals surface area (Å²) in [7, 11) is 0. The van der Waals surface area contributed by atoms with Gasteiger partial charge in [-0.3, -0.25) is 4.79 Å². The Labute approximate surface area is 155 Å². The molecule has 0 aromatic heterocycles. The second kappa shape index (κ2) is 13.2. The molecule has 0 radical (unpaired) electrons. The third kappa shape index (κ3) is 13.0. The Morgan fingerprint density at radius 3 is 2.26 bits per heavy atom. The molecule has 2 N–H and O–H groups in total. The average molecular weight is 297 g/mol. The summed E-state index contributed by atoms with van der Waals surface area (Å²) in [6.45, 7) is 2.09. The van der Waals surface area contributed by atoms with Crippen LogP contribution in [-0.4, -0.2) is 23.9 Å². The molecule has 7 heteroatoms. The van der Waals surface area contributed by atoms with Crippen LogP contribution >= 0.6 is 0 Å². The van der Waals surface area contributed by atoms with E-state index in [4.69, 9.17) is 5.73 Å². The summed E-state index contributed by atoms with van der Waals surface area (Å²) in [6.07, 6.45) is 4.33. The van der Waals surface area contributed by atoms with Crippen molar-refractivity contribution in [3.8, 4) is 0 Å². The second-order valence-electron chi connectivity index (χ2n) is 4.14. The molecule has 0 aliphatic carbocycles. The van der Waals surface area contributed by atoms with Gasteiger partial charge in [-0.15, -0.1) is 0 Å². The van der Waals surface area contributed by atoms with E-state index in [-0.39, 0.29) is 57.8 Å². The van der Waals surface area contributed by atoms with E-state index >= 15 is 0 Å². The van der Waals surface area contributed by atoms with Gasteiger partial charge in [0.25, 0.3) is 0 Å². The van der Waals surface area contributed by atoms with E-state index < -0.39 is 30.4 Å². The van der Waals surface area contributed by atoms with Gasteiger partial charge in [0, 0.05) is 18.8 Å². The van der Waals surface area contributed by atoms with Crippen molar-refractivity contribution in [1.82, 2.24) is 0 Å². The normalized spacial score (nSPS) is 11.3. The van der Waals surface area contributed by atoms with Crippen LogP contribution in [0.4, 0.5) is 0 Å². The maximum Gasteiger partial charge on any atom is 1.00 e. The Morgan fingerprint density at radius 1 is 1.16 bits per heavy atom. The monoisotopic (exact) mass is 297 g/mol. The van der Waals surface area contributed by atoms with E-state index in [9.17, 15) is 19.5 Å². The Morgan fingerprint density at radius 2 is 1.74 bits per heavy atom. The van der Waals surface area contributed by atoms with Crippen molar-refractivity contribution in [2.45, 2.75) is 57.9 Å². The van der Waals surface area contributed by atoms with E-state index in [0.29, 0.717) is 6.42 Å². The summed E-state index contributed by atoms with van der Waals surface area (Å²) in [5, 5.41) is 10.2. The minimum absolute atomic E-state index is 0. The van der Waals surface area contributed by atoms with E-state index in [1.165, 1.54) is 0 Å². The minimum atomic E-state index is -1.45. The summed E-state index contributed by atoms with van der Waals surface area (Å²) in [6, 6.07) is -1.35. The quantitative estimate of drug-likeness (QED) is 0.209. The number of unbranched alkanes of at least 4 members (excludes halogenated alkanes) is 4. The zero-order valence-corrected chi connectivity index (χ0v) is 14.8. The Bertz CT molecular complexity index is 296. The van der Waals surface area contributed by atoms with Gasteiger partial charge in [0.1, 0.15) is 6.04 Å². The molecule has 0 heterocycles. The van der Waals surface area contributed by atoms with Crippen molar-refractivity contribution >= 4 is 17.9 Å². The van der Waals surface area contributed by atoms with Gasteiger partial charge in [-0.25, -0.2) is 4.79 Å². The third-order valence-corrected chi connectivity index (χ3v) is 2.39. The number of carboxylic acids is 1. The molecule has 0 saturated carbocycles. The number of carboxylic acid groups (broad SMARTS) is 1.